The summed E-state index contributed by atoms with van der Waals surface area (Å²) in [5.41, 5.74) is -1.03. The topological polar surface area (TPSA) is 63.7 Å². The number of cyclic esters (lactones) is 1. The van der Waals surface area contributed by atoms with Crippen LogP contribution in [-0.2, 0) is 9.53 Å². The summed E-state index contributed by atoms with van der Waals surface area (Å²) in [6, 6.07) is 12.6. The van der Waals surface area contributed by atoms with Crippen LogP contribution in [0, 0.1) is 0 Å². The summed E-state index contributed by atoms with van der Waals surface area (Å²) in [5, 5.41) is 1.84. The van der Waals surface area contributed by atoms with Crippen LogP contribution in [0.15, 0.2) is 42.5 Å². The molecule has 0 bridgehead atoms. The average molecular weight is 283 g/mol. The van der Waals surface area contributed by atoms with E-state index in [1.165, 1.54) is 13.8 Å². The van der Waals surface area contributed by atoms with Gasteiger partial charge in [0.2, 0.25) is 0 Å². The molecule has 0 spiro atoms. The van der Waals surface area contributed by atoms with E-state index in [4.69, 9.17) is 4.74 Å². The van der Waals surface area contributed by atoms with Crippen LogP contribution in [0.4, 0.5) is 4.79 Å². The van der Waals surface area contributed by atoms with Crippen molar-refractivity contribution < 1.29 is 19.1 Å². The Morgan fingerprint density at radius 2 is 1.71 bits per heavy atom. The second-order valence-electron chi connectivity index (χ2n) is 5.39. The Morgan fingerprint density at radius 3 is 2.33 bits per heavy atom. The summed E-state index contributed by atoms with van der Waals surface area (Å²) in [7, 11) is 0. The van der Waals surface area contributed by atoms with Crippen molar-refractivity contribution in [3.8, 4) is 0 Å². The van der Waals surface area contributed by atoms with Crippen molar-refractivity contribution in [1.29, 1.82) is 0 Å². The van der Waals surface area contributed by atoms with Crippen LogP contribution < -0.4 is 0 Å². The number of carbonyl (C=O) groups is 3. The highest BCUT2D eigenvalue weighted by atomic mass is 16.6. The molecule has 0 unspecified atom stereocenters. The van der Waals surface area contributed by atoms with E-state index in [0.717, 1.165) is 10.8 Å². The molecular weight excluding hydrogens is 270 g/mol. The van der Waals surface area contributed by atoms with Crippen molar-refractivity contribution in [2.75, 3.05) is 0 Å². The van der Waals surface area contributed by atoms with Crippen molar-refractivity contribution >= 4 is 28.7 Å². The van der Waals surface area contributed by atoms with Crippen molar-refractivity contribution in [1.82, 2.24) is 4.90 Å². The number of carbonyl (C=O) groups excluding carboxylic acids is 3. The molecule has 0 atom stereocenters. The van der Waals surface area contributed by atoms with Gasteiger partial charge in [0.25, 0.3) is 11.8 Å². The third-order valence-electron chi connectivity index (χ3n) is 3.44. The van der Waals surface area contributed by atoms with Gasteiger partial charge in [-0.15, -0.1) is 0 Å². The number of ether oxygens (including phenoxy) is 1. The molecule has 5 nitrogen and oxygen atoms in total. The van der Waals surface area contributed by atoms with E-state index in [2.05, 4.69) is 0 Å². The highest BCUT2D eigenvalue weighted by Crippen LogP contribution is 2.26. The lowest BCUT2D eigenvalue weighted by atomic mass is 10.1. The first-order valence-electron chi connectivity index (χ1n) is 6.51. The van der Waals surface area contributed by atoms with Gasteiger partial charge in [0, 0.05) is 5.56 Å². The van der Waals surface area contributed by atoms with Crippen LogP contribution in [0.1, 0.15) is 24.2 Å². The highest BCUT2D eigenvalue weighted by Gasteiger charge is 2.50. The van der Waals surface area contributed by atoms with Gasteiger partial charge in [-0.05, 0) is 36.8 Å². The number of amides is 3. The maximum absolute atomic E-state index is 12.4. The van der Waals surface area contributed by atoms with E-state index in [1.54, 1.807) is 18.2 Å². The van der Waals surface area contributed by atoms with Crippen LogP contribution >= 0.6 is 0 Å². The van der Waals surface area contributed by atoms with Crippen LogP contribution in [0.3, 0.4) is 0 Å². The number of rotatable bonds is 1. The summed E-state index contributed by atoms with van der Waals surface area (Å²) in [4.78, 5) is 36.8. The SMILES string of the molecule is CC1(C)OC(=O)N(C(=O)c2ccc3ccccc3c2)C1=O. The molecule has 0 aliphatic carbocycles. The van der Waals surface area contributed by atoms with E-state index in [-0.39, 0.29) is 5.56 Å². The van der Waals surface area contributed by atoms with Gasteiger partial charge >= 0.3 is 6.09 Å². The first kappa shape index (κ1) is 13.3. The van der Waals surface area contributed by atoms with Gasteiger partial charge in [0.05, 0.1) is 0 Å². The molecule has 1 aliphatic rings. The smallest absolute Gasteiger partial charge is 0.425 e. The highest BCUT2D eigenvalue weighted by molar-refractivity contribution is 6.20. The lowest BCUT2D eigenvalue weighted by Gasteiger charge is -2.12. The second-order valence-corrected chi connectivity index (χ2v) is 5.39. The normalized spacial score (nSPS) is 17.1. The molecule has 2 aromatic carbocycles. The fourth-order valence-electron chi connectivity index (χ4n) is 2.29. The Kier molecular flexibility index (Phi) is 2.79. The average Bonchev–Trinajstić information content (AvgIpc) is 2.66. The minimum Gasteiger partial charge on any atom is -0.433 e. The zero-order valence-electron chi connectivity index (χ0n) is 11.6. The number of imide groups is 3. The largest absolute Gasteiger partial charge is 0.433 e. The lowest BCUT2D eigenvalue weighted by Crippen LogP contribution is -2.40. The first-order valence-corrected chi connectivity index (χ1v) is 6.51. The number of benzene rings is 2. The molecule has 0 N–H and O–H groups in total. The van der Waals surface area contributed by atoms with Gasteiger partial charge < -0.3 is 4.74 Å². The second kappa shape index (κ2) is 4.41. The molecule has 1 fully saturated rings. The van der Waals surface area contributed by atoms with Crippen molar-refractivity contribution in [2.45, 2.75) is 19.4 Å². The molecule has 2 aromatic rings. The molecular formula is C16H13NO4. The van der Waals surface area contributed by atoms with Gasteiger partial charge in [0.15, 0.2) is 5.60 Å². The Hall–Kier alpha value is -2.69. The van der Waals surface area contributed by atoms with E-state index < -0.39 is 23.5 Å². The molecule has 3 rings (SSSR count). The molecule has 1 heterocycles. The third-order valence-corrected chi connectivity index (χ3v) is 3.44. The predicted molar refractivity (Wildman–Crippen MR) is 75.7 cm³/mol. The minimum absolute atomic E-state index is 0.275. The van der Waals surface area contributed by atoms with Gasteiger partial charge in [-0.2, -0.15) is 4.90 Å². The quantitative estimate of drug-likeness (QED) is 0.755. The minimum atomic E-state index is -1.30. The number of hydrogen-bond acceptors (Lipinski definition) is 4. The van der Waals surface area contributed by atoms with E-state index in [0.29, 0.717) is 4.90 Å². The van der Waals surface area contributed by atoms with Crippen LogP contribution in [0.2, 0.25) is 0 Å². The van der Waals surface area contributed by atoms with Crippen LogP contribution in [0.5, 0.6) is 0 Å². The predicted octanol–water partition coefficient (Wildman–Crippen LogP) is 2.74. The molecule has 1 aliphatic heterocycles. The van der Waals surface area contributed by atoms with Crippen LogP contribution in [0.25, 0.3) is 10.8 Å². The summed E-state index contributed by atoms with van der Waals surface area (Å²) < 4.78 is 4.92. The van der Waals surface area contributed by atoms with Gasteiger partial charge in [-0.25, -0.2) is 4.79 Å². The Labute approximate surface area is 121 Å². The molecule has 1 saturated heterocycles. The van der Waals surface area contributed by atoms with E-state index in [1.807, 2.05) is 24.3 Å². The molecule has 0 saturated carbocycles. The molecule has 3 amide bonds. The zero-order chi connectivity index (χ0) is 15.2. The van der Waals surface area contributed by atoms with Gasteiger partial charge in [-0.1, -0.05) is 30.3 Å². The van der Waals surface area contributed by atoms with E-state index in [9.17, 15) is 14.4 Å². The Balaban J connectivity index is 2.01. The number of hydrogen-bond donors (Lipinski definition) is 0. The van der Waals surface area contributed by atoms with Crippen molar-refractivity contribution in [2.24, 2.45) is 0 Å². The molecule has 5 heteroatoms. The first-order chi connectivity index (χ1) is 9.90. The molecule has 21 heavy (non-hydrogen) atoms. The Morgan fingerprint density at radius 1 is 1.05 bits per heavy atom. The lowest BCUT2D eigenvalue weighted by molar-refractivity contribution is -0.133. The molecule has 0 radical (unpaired) electrons. The summed E-state index contributed by atoms with van der Waals surface area (Å²) in [5.74, 6) is -1.31. The third kappa shape index (κ3) is 2.07. The standard InChI is InChI=1S/C16H13NO4/c1-16(2)14(19)17(15(20)21-16)13(18)12-8-7-10-5-3-4-6-11(10)9-12/h3-9H,1-2H3. The van der Waals surface area contributed by atoms with E-state index >= 15 is 0 Å². The maximum Gasteiger partial charge on any atom is 0.425 e. The summed E-state index contributed by atoms with van der Waals surface area (Å²) >= 11 is 0. The fraction of sp³-hybridized carbons (Fsp3) is 0.188. The molecule has 106 valence electrons. The van der Waals surface area contributed by atoms with Crippen LogP contribution in [-0.4, -0.2) is 28.4 Å². The van der Waals surface area contributed by atoms with Crippen molar-refractivity contribution in [3.05, 3.63) is 48.0 Å². The summed E-state index contributed by atoms with van der Waals surface area (Å²) in [6.45, 7) is 2.92. The fourth-order valence-corrected chi connectivity index (χ4v) is 2.29. The summed E-state index contributed by atoms with van der Waals surface area (Å²) in [6.07, 6.45) is -0.928. The number of nitrogens with zero attached hydrogens (tertiary/aromatic N) is 1. The number of fused-ring (bicyclic) bond motifs is 1. The monoisotopic (exact) mass is 283 g/mol. The maximum atomic E-state index is 12.4. The van der Waals surface area contributed by atoms with Crippen molar-refractivity contribution in [3.63, 3.8) is 0 Å². The van der Waals surface area contributed by atoms with Gasteiger partial charge in [0.1, 0.15) is 0 Å². The van der Waals surface area contributed by atoms with Gasteiger partial charge in [-0.3, -0.25) is 9.59 Å². The zero-order valence-corrected chi connectivity index (χ0v) is 11.6. The molecule has 0 aromatic heterocycles. The Bertz CT molecular complexity index is 779.